The Balaban J connectivity index is 1.67. The second-order valence-electron chi connectivity index (χ2n) is 6.33. The molecule has 3 rings (SSSR count). The molecule has 0 radical (unpaired) electrons. The molecular formula is C19H18N4O5S2. The zero-order valence-corrected chi connectivity index (χ0v) is 17.6. The first-order valence-corrected chi connectivity index (χ1v) is 10.5. The van der Waals surface area contributed by atoms with Gasteiger partial charge in [0.05, 0.1) is 4.90 Å². The minimum Gasteiger partial charge on any atom is -0.422 e. The number of hydrazine groups is 1. The topological polar surface area (TPSA) is 121 Å². The van der Waals surface area contributed by atoms with Gasteiger partial charge in [0.15, 0.2) is 5.11 Å². The second kappa shape index (κ2) is 8.61. The third-order valence-electron chi connectivity index (χ3n) is 4.05. The Morgan fingerprint density at radius 2 is 1.77 bits per heavy atom. The molecule has 0 aliphatic carbocycles. The number of nitrogens with zero attached hydrogens (tertiary/aromatic N) is 1. The zero-order valence-electron chi connectivity index (χ0n) is 16.0. The maximum atomic E-state index is 12.3. The molecule has 0 bridgehead atoms. The summed E-state index contributed by atoms with van der Waals surface area (Å²) in [6.07, 6.45) is 0. The fraction of sp³-hybridized carbons (Fsp3) is 0.105. The van der Waals surface area contributed by atoms with Crippen LogP contribution in [0.4, 0.5) is 5.69 Å². The molecule has 1 heterocycles. The van der Waals surface area contributed by atoms with Crippen LogP contribution in [0, 0.1) is 0 Å². The summed E-state index contributed by atoms with van der Waals surface area (Å²) >= 11 is 5.10. The van der Waals surface area contributed by atoms with E-state index < -0.39 is 21.6 Å². The van der Waals surface area contributed by atoms with Gasteiger partial charge in [-0.1, -0.05) is 24.3 Å². The van der Waals surface area contributed by atoms with Gasteiger partial charge in [0, 0.05) is 25.2 Å². The summed E-state index contributed by atoms with van der Waals surface area (Å²) in [4.78, 5) is 24.4. The number of rotatable bonds is 4. The van der Waals surface area contributed by atoms with Crippen molar-refractivity contribution in [2.75, 3.05) is 19.4 Å². The maximum absolute atomic E-state index is 12.3. The summed E-state index contributed by atoms with van der Waals surface area (Å²) in [7, 11) is -0.743. The highest BCUT2D eigenvalue weighted by molar-refractivity contribution is 7.89. The van der Waals surface area contributed by atoms with E-state index in [1.165, 1.54) is 32.3 Å². The van der Waals surface area contributed by atoms with Gasteiger partial charge in [0.1, 0.15) is 11.1 Å². The molecule has 3 aromatic rings. The molecule has 3 N–H and O–H groups in total. The van der Waals surface area contributed by atoms with E-state index in [0.29, 0.717) is 16.7 Å². The Morgan fingerprint density at radius 1 is 1.03 bits per heavy atom. The standard InChI is InChI=1S/C19H18N4O5S2/c1-23(2)30(26,27)14-8-5-7-13(11-14)20-19(29)22-21-17(24)15-10-12-6-3-4-9-16(12)28-18(15)25/h3-11H,1-2H3,(H,21,24)(H2,20,22,29). The minimum atomic E-state index is -3.60. The quantitative estimate of drug-likeness (QED) is 0.314. The summed E-state index contributed by atoms with van der Waals surface area (Å²) in [5.41, 5.74) is 4.57. The van der Waals surface area contributed by atoms with Gasteiger partial charge in [-0.05, 0) is 42.5 Å². The monoisotopic (exact) mass is 446 g/mol. The SMILES string of the molecule is CN(C)S(=O)(=O)c1cccc(NC(=S)NNC(=O)c2cc3ccccc3oc2=O)c1. The molecule has 0 aliphatic rings. The number of amides is 1. The van der Waals surface area contributed by atoms with Gasteiger partial charge in [-0.2, -0.15) is 0 Å². The van der Waals surface area contributed by atoms with E-state index in [-0.39, 0.29) is 15.6 Å². The number of thiocarbonyl (C=S) groups is 1. The first kappa shape index (κ1) is 21.4. The number of sulfonamides is 1. The number of hydrogen-bond donors (Lipinski definition) is 3. The highest BCUT2D eigenvalue weighted by Crippen LogP contribution is 2.18. The van der Waals surface area contributed by atoms with Crippen molar-refractivity contribution in [2.45, 2.75) is 4.90 Å². The molecule has 9 nitrogen and oxygen atoms in total. The summed E-state index contributed by atoms with van der Waals surface area (Å²) in [5, 5.41) is 3.36. The van der Waals surface area contributed by atoms with E-state index in [1.807, 2.05) is 0 Å². The molecule has 0 atom stereocenters. The number of fused-ring (bicyclic) bond motifs is 1. The molecule has 0 unspecified atom stereocenters. The van der Waals surface area contributed by atoms with E-state index in [0.717, 1.165) is 4.31 Å². The Morgan fingerprint density at radius 3 is 2.50 bits per heavy atom. The van der Waals surface area contributed by atoms with E-state index in [1.54, 1.807) is 36.4 Å². The summed E-state index contributed by atoms with van der Waals surface area (Å²) in [5.74, 6) is -0.734. The number of para-hydroxylation sites is 1. The van der Waals surface area contributed by atoms with E-state index in [9.17, 15) is 18.0 Å². The zero-order chi connectivity index (χ0) is 21.9. The van der Waals surface area contributed by atoms with Crippen molar-refractivity contribution in [1.29, 1.82) is 0 Å². The second-order valence-corrected chi connectivity index (χ2v) is 8.89. The fourth-order valence-electron chi connectivity index (χ4n) is 2.51. The van der Waals surface area contributed by atoms with E-state index in [2.05, 4.69) is 16.2 Å². The van der Waals surface area contributed by atoms with Crippen LogP contribution in [0.2, 0.25) is 0 Å². The lowest BCUT2D eigenvalue weighted by Crippen LogP contribution is -2.44. The van der Waals surface area contributed by atoms with Crippen LogP contribution in [0.3, 0.4) is 0 Å². The summed E-state index contributed by atoms with van der Waals surface area (Å²) < 4.78 is 30.7. The van der Waals surface area contributed by atoms with E-state index in [4.69, 9.17) is 16.6 Å². The maximum Gasteiger partial charge on any atom is 0.349 e. The molecule has 30 heavy (non-hydrogen) atoms. The van der Waals surface area contributed by atoms with Crippen LogP contribution in [0.25, 0.3) is 11.0 Å². The lowest BCUT2D eigenvalue weighted by atomic mass is 10.2. The van der Waals surface area contributed by atoms with Crippen LogP contribution in [-0.2, 0) is 10.0 Å². The minimum absolute atomic E-state index is 0.00655. The third-order valence-corrected chi connectivity index (χ3v) is 6.06. The number of anilines is 1. The highest BCUT2D eigenvalue weighted by atomic mass is 32.2. The molecule has 1 aromatic heterocycles. The lowest BCUT2D eigenvalue weighted by Gasteiger charge is -2.14. The normalized spacial score (nSPS) is 11.3. The highest BCUT2D eigenvalue weighted by Gasteiger charge is 2.18. The molecule has 0 saturated carbocycles. The number of benzene rings is 2. The first-order chi connectivity index (χ1) is 14.2. The van der Waals surface area contributed by atoms with Crippen molar-refractivity contribution < 1.29 is 17.6 Å². The van der Waals surface area contributed by atoms with Gasteiger partial charge in [0.2, 0.25) is 10.0 Å². The molecule has 11 heteroatoms. The van der Waals surface area contributed by atoms with Crippen molar-refractivity contribution in [3.8, 4) is 0 Å². The summed E-state index contributed by atoms with van der Waals surface area (Å²) in [6.45, 7) is 0. The van der Waals surface area contributed by atoms with Crippen molar-refractivity contribution in [3.05, 3.63) is 70.6 Å². The molecule has 156 valence electrons. The van der Waals surface area contributed by atoms with Crippen LogP contribution in [-0.4, -0.2) is 37.8 Å². The van der Waals surface area contributed by atoms with Crippen LogP contribution in [0.1, 0.15) is 10.4 Å². The molecule has 0 spiro atoms. The first-order valence-electron chi connectivity index (χ1n) is 8.61. The van der Waals surface area contributed by atoms with Crippen molar-refractivity contribution >= 4 is 49.9 Å². The Kier molecular flexibility index (Phi) is 6.15. The molecule has 0 aliphatic heterocycles. The fourth-order valence-corrected chi connectivity index (χ4v) is 3.63. The molecule has 0 fully saturated rings. The van der Waals surface area contributed by atoms with Gasteiger partial charge in [-0.3, -0.25) is 15.6 Å². The molecular weight excluding hydrogens is 428 g/mol. The van der Waals surface area contributed by atoms with Gasteiger partial charge in [-0.25, -0.2) is 17.5 Å². The molecule has 2 aromatic carbocycles. The number of carbonyl (C=O) groups excluding carboxylic acids is 1. The van der Waals surface area contributed by atoms with Crippen molar-refractivity contribution in [3.63, 3.8) is 0 Å². The average Bonchev–Trinajstić information content (AvgIpc) is 2.71. The predicted octanol–water partition coefficient (Wildman–Crippen LogP) is 1.67. The number of hydrogen-bond acceptors (Lipinski definition) is 6. The van der Waals surface area contributed by atoms with Gasteiger partial charge in [-0.15, -0.1) is 0 Å². The van der Waals surface area contributed by atoms with E-state index >= 15 is 0 Å². The van der Waals surface area contributed by atoms with Crippen molar-refractivity contribution in [2.24, 2.45) is 0 Å². The molecule has 1 amide bonds. The number of carbonyl (C=O) groups is 1. The lowest BCUT2D eigenvalue weighted by molar-refractivity contribution is 0.0940. The average molecular weight is 447 g/mol. The summed E-state index contributed by atoms with van der Waals surface area (Å²) in [6, 6.07) is 14.3. The smallest absolute Gasteiger partial charge is 0.349 e. The van der Waals surface area contributed by atoms with Crippen molar-refractivity contribution in [1.82, 2.24) is 15.2 Å². The Hall–Kier alpha value is -3.28. The predicted molar refractivity (Wildman–Crippen MR) is 117 cm³/mol. The Bertz CT molecular complexity index is 1290. The third kappa shape index (κ3) is 4.64. The van der Waals surface area contributed by atoms with Crippen LogP contribution in [0.5, 0.6) is 0 Å². The van der Waals surface area contributed by atoms with Gasteiger partial charge < -0.3 is 9.73 Å². The van der Waals surface area contributed by atoms with Gasteiger partial charge in [0.25, 0.3) is 5.91 Å². The van der Waals surface area contributed by atoms with Crippen LogP contribution < -0.4 is 21.8 Å². The molecule has 0 saturated heterocycles. The Labute approximate surface area is 177 Å². The number of nitrogens with one attached hydrogen (secondary N) is 3. The van der Waals surface area contributed by atoms with Crippen LogP contribution in [0.15, 0.2) is 68.7 Å². The largest absolute Gasteiger partial charge is 0.422 e. The van der Waals surface area contributed by atoms with Crippen LogP contribution >= 0.6 is 12.2 Å². The van der Waals surface area contributed by atoms with Gasteiger partial charge >= 0.3 is 5.63 Å².